The number of hydrogen-bond acceptors (Lipinski definition) is 0. The molecule has 1 heteroatoms. The van der Waals surface area contributed by atoms with E-state index in [0.717, 1.165) is 0 Å². The minimum absolute atomic E-state index is 1.19. The lowest BCUT2D eigenvalue weighted by Crippen LogP contribution is -2.20. The zero-order chi connectivity index (χ0) is 6.16. The van der Waals surface area contributed by atoms with Crippen molar-refractivity contribution in [1.82, 2.24) is 0 Å². The fourth-order valence-electron chi connectivity index (χ4n) is 1.22. The largest absolute Gasteiger partial charge is 0.150 e. The quantitative estimate of drug-likeness (QED) is 0.441. The van der Waals surface area contributed by atoms with Crippen LogP contribution in [0.2, 0.25) is 0 Å². The molecule has 0 N–H and O–H groups in total. The van der Waals surface area contributed by atoms with Crippen molar-refractivity contribution in [2.75, 3.05) is 0 Å². The van der Waals surface area contributed by atoms with Crippen LogP contribution < -0.4 is 0 Å². The fraction of sp³-hybridized carbons (Fsp3) is 0. The summed E-state index contributed by atoms with van der Waals surface area (Å²) < 4.78 is 0. The molecule has 2 rings (SSSR count). The summed E-state index contributed by atoms with van der Waals surface area (Å²) in [5.74, 6) is 0. The molecule has 0 aliphatic carbocycles. The summed E-state index contributed by atoms with van der Waals surface area (Å²) in [7, 11) is -1.19. The van der Waals surface area contributed by atoms with Crippen LogP contribution in [-0.2, 0) is 0 Å². The van der Waals surface area contributed by atoms with Crippen LogP contribution in [0.15, 0.2) is 47.1 Å². The Bertz CT molecular complexity index is 177. The molecule has 2 aliphatic heterocycles. The molecule has 0 nitrogen and oxygen atoms in total. The van der Waals surface area contributed by atoms with Crippen molar-refractivity contribution in [1.29, 1.82) is 0 Å². The first-order valence-corrected chi connectivity index (χ1v) is 5.46. The van der Waals surface area contributed by atoms with E-state index in [1.54, 1.807) is 0 Å². The van der Waals surface area contributed by atoms with Gasteiger partial charge in [-0.2, -0.15) is 0 Å². The van der Waals surface area contributed by atoms with Crippen molar-refractivity contribution in [3.63, 3.8) is 0 Å². The number of allylic oxidation sites excluding steroid dienone is 4. The maximum atomic E-state index is 2.33. The average molecular weight is 132 g/mol. The highest BCUT2D eigenvalue weighted by atomic mass is 28.3. The maximum absolute atomic E-state index is 2.33. The third kappa shape index (κ3) is 0.652. The van der Waals surface area contributed by atoms with Gasteiger partial charge in [-0.15, -0.1) is 0 Å². The Morgan fingerprint density at radius 2 is 0.889 bits per heavy atom. The Labute approximate surface area is 55.9 Å². The molecule has 0 radical (unpaired) electrons. The Hall–Kier alpha value is -0.823. The van der Waals surface area contributed by atoms with E-state index in [9.17, 15) is 0 Å². The van der Waals surface area contributed by atoms with Gasteiger partial charge in [-0.1, -0.05) is 47.1 Å². The zero-order valence-electron chi connectivity index (χ0n) is 5.12. The normalized spacial score (nSPS) is 24.9. The first-order chi connectivity index (χ1) is 4.41. The van der Waals surface area contributed by atoms with Crippen molar-refractivity contribution < 1.29 is 0 Å². The molecule has 0 amide bonds. The van der Waals surface area contributed by atoms with Crippen LogP contribution in [0, 0.1) is 0 Å². The van der Waals surface area contributed by atoms with Gasteiger partial charge in [0.15, 0.2) is 8.07 Å². The summed E-state index contributed by atoms with van der Waals surface area (Å²) in [5, 5.41) is 0. The zero-order valence-corrected chi connectivity index (χ0v) is 6.12. The second-order valence-corrected chi connectivity index (χ2v) is 5.77. The number of hydrogen-bond donors (Lipinski definition) is 0. The second-order valence-electron chi connectivity index (χ2n) is 2.44. The van der Waals surface area contributed by atoms with E-state index in [1.807, 2.05) is 0 Å². The van der Waals surface area contributed by atoms with Gasteiger partial charge in [-0.05, 0) is 0 Å². The van der Waals surface area contributed by atoms with Gasteiger partial charge in [0.25, 0.3) is 0 Å². The van der Waals surface area contributed by atoms with Gasteiger partial charge in [-0.25, -0.2) is 0 Å². The van der Waals surface area contributed by atoms with Gasteiger partial charge in [0.1, 0.15) is 0 Å². The van der Waals surface area contributed by atoms with Gasteiger partial charge < -0.3 is 0 Å². The summed E-state index contributed by atoms with van der Waals surface area (Å²) in [6, 6.07) is 0. The first-order valence-electron chi connectivity index (χ1n) is 3.15. The second kappa shape index (κ2) is 1.58. The summed E-state index contributed by atoms with van der Waals surface area (Å²) in [4.78, 5) is 0. The lowest BCUT2D eigenvalue weighted by Gasteiger charge is -2.06. The monoisotopic (exact) mass is 132 g/mol. The highest BCUT2D eigenvalue weighted by Crippen LogP contribution is 2.20. The molecule has 0 atom stereocenters. The highest BCUT2D eigenvalue weighted by Gasteiger charge is 2.23. The molecule has 0 aromatic heterocycles. The van der Waals surface area contributed by atoms with E-state index in [4.69, 9.17) is 0 Å². The van der Waals surface area contributed by atoms with Gasteiger partial charge in [0.2, 0.25) is 0 Å². The molecule has 2 aliphatic rings. The van der Waals surface area contributed by atoms with Crippen LogP contribution in [0.25, 0.3) is 0 Å². The SMILES string of the molecule is C1=C[Si]2(C=C1)C=CC=C2. The Morgan fingerprint density at radius 3 is 1.22 bits per heavy atom. The van der Waals surface area contributed by atoms with E-state index < -0.39 is 8.07 Å². The third-order valence-electron chi connectivity index (χ3n) is 1.76. The van der Waals surface area contributed by atoms with Crippen LogP contribution in [-0.4, -0.2) is 8.07 Å². The summed E-state index contributed by atoms with van der Waals surface area (Å²) in [6.45, 7) is 0. The van der Waals surface area contributed by atoms with E-state index in [2.05, 4.69) is 47.1 Å². The van der Waals surface area contributed by atoms with Gasteiger partial charge >= 0.3 is 0 Å². The van der Waals surface area contributed by atoms with Crippen molar-refractivity contribution in [3.8, 4) is 0 Å². The molecule has 0 bridgehead atoms. The van der Waals surface area contributed by atoms with Gasteiger partial charge in [0, 0.05) is 0 Å². The molecular weight excluding hydrogens is 124 g/mol. The van der Waals surface area contributed by atoms with E-state index >= 15 is 0 Å². The molecule has 0 saturated heterocycles. The number of rotatable bonds is 0. The molecule has 2 heterocycles. The van der Waals surface area contributed by atoms with Gasteiger partial charge in [0.05, 0.1) is 0 Å². The van der Waals surface area contributed by atoms with Crippen LogP contribution in [0.4, 0.5) is 0 Å². The highest BCUT2D eigenvalue weighted by molar-refractivity contribution is 6.98. The summed E-state index contributed by atoms with van der Waals surface area (Å²) in [6.07, 6.45) is 8.58. The third-order valence-corrected chi connectivity index (χ3v) is 4.84. The van der Waals surface area contributed by atoms with Crippen molar-refractivity contribution in [3.05, 3.63) is 47.1 Å². The average Bonchev–Trinajstić information content (AvgIpc) is 2.45. The Kier molecular flexibility index (Phi) is 0.876. The summed E-state index contributed by atoms with van der Waals surface area (Å²) in [5.41, 5.74) is 9.31. The maximum Gasteiger partial charge on any atom is 0.150 e. The summed E-state index contributed by atoms with van der Waals surface area (Å²) >= 11 is 0. The van der Waals surface area contributed by atoms with Crippen LogP contribution in [0.3, 0.4) is 0 Å². The topological polar surface area (TPSA) is 0 Å². The predicted octanol–water partition coefficient (Wildman–Crippen LogP) is 1.84. The molecule has 0 unspecified atom stereocenters. The molecule has 9 heavy (non-hydrogen) atoms. The molecule has 0 aromatic carbocycles. The molecular formula is C8H8Si. The van der Waals surface area contributed by atoms with Crippen molar-refractivity contribution in [2.45, 2.75) is 0 Å². The van der Waals surface area contributed by atoms with E-state index in [-0.39, 0.29) is 0 Å². The molecule has 0 saturated carbocycles. The molecule has 0 aromatic rings. The molecule has 1 spiro atoms. The van der Waals surface area contributed by atoms with Crippen LogP contribution >= 0.6 is 0 Å². The molecule has 44 valence electrons. The van der Waals surface area contributed by atoms with Crippen LogP contribution in [0.5, 0.6) is 0 Å². The Balaban J connectivity index is 2.46. The smallest absolute Gasteiger partial charge is 0.0831 e. The lowest BCUT2D eigenvalue weighted by molar-refractivity contribution is 2.15. The molecule has 0 fully saturated rings. The lowest BCUT2D eigenvalue weighted by atomic mass is 10.6. The predicted molar refractivity (Wildman–Crippen MR) is 42.3 cm³/mol. The van der Waals surface area contributed by atoms with E-state index in [0.29, 0.717) is 0 Å². The van der Waals surface area contributed by atoms with Crippen LogP contribution in [0.1, 0.15) is 0 Å². The standard InChI is InChI=1S/C8H8Si/c1-2-6-9(5-1)7-3-4-8-9/h1-8H. The fourth-order valence-corrected chi connectivity index (χ4v) is 3.67. The van der Waals surface area contributed by atoms with Crippen molar-refractivity contribution in [2.24, 2.45) is 0 Å². The van der Waals surface area contributed by atoms with E-state index in [1.165, 1.54) is 0 Å². The minimum Gasteiger partial charge on any atom is -0.0831 e. The van der Waals surface area contributed by atoms with Crippen molar-refractivity contribution >= 4 is 8.07 Å². The van der Waals surface area contributed by atoms with Gasteiger partial charge in [-0.3, -0.25) is 0 Å². The minimum atomic E-state index is -1.19. The Morgan fingerprint density at radius 1 is 0.556 bits per heavy atom. The first kappa shape index (κ1) is 5.00.